The zero-order valence-electron chi connectivity index (χ0n) is 31.6. The molecule has 7 heteroatoms. The molecule has 0 saturated carbocycles. The fourth-order valence-electron chi connectivity index (χ4n) is 8.55. The van der Waals surface area contributed by atoms with Gasteiger partial charge in [0.1, 0.15) is 17.0 Å². The van der Waals surface area contributed by atoms with E-state index in [1.807, 2.05) is 30.3 Å². The Labute approximate surface area is 338 Å². The van der Waals surface area contributed by atoms with Crippen LogP contribution < -0.4 is 0 Å². The van der Waals surface area contributed by atoms with Gasteiger partial charge in [-0.25, -0.2) is 9.97 Å². The molecular formula is C52H32N6O. The van der Waals surface area contributed by atoms with Crippen molar-refractivity contribution in [3.63, 3.8) is 0 Å². The highest BCUT2D eigenvalue weighted by molar-refractivity contribution is 6.15. The molecule has 4 heterocycles. The molecule has 0 N–H and O–H groups in total. The van der Waals surface area contributed by atoms with Gasteiger partial charge in [0.25, 0.3) is 0 Å². The van der Waals surface area contributed by atoms with Gasteiger partial charge < -0.3 is 4.42 Å². The van der Waals surface area contributed by atoms with Gasteiger partial charge in [-0.2, -0.15) is 9.97 Å². The van der Waals surface area contributed by atoms with Crippen LogP contribution in [0.1, 0.15) is 0 Å². The Morgan fingerprint density at radius 2 is 0.949 bits per heavy atom. The first-order valence-corrected chi connectivity index (χ1v) is 19.7. The van der Waals surface area contributed by atoms with Gasteiger partial charge in [-0.1, -0.05) is 146 Å². The zero-order chi connectivity index (χ0) is 38.9. The number of rotatable bonds is 6. The van der Waals surface area contributed by atoms with Crippen LogP contribution in [0.15, 0.2) is 199 Å². The quantitative estimate of drug-likeness (QED) is 0.169. The molecule has 4 aromatic heterocycles. The van der Waals surface area contributed by atoms with Gasteiger partial charge in [0.15, 0.2) is 11.6 Å². The first-order valence-electron chi connectivity index (χ1n) is 19.7. The van der Waals surface area contributed by atoms with Crippen LogP contribution in [-0.4, -0.2) is 29.1 Å². The normalized spacial score (nSPS) is 11.7. The predicted octanol–water partition coefficient (Wildman–Crippen LogP) is 12.9. The smallest absolute Gasteiger partial charge is 0.238 e. The van der Waals surface area contributed by atoms with Crippen molar-refractivity contribution in [2.75, 3.05) is 0 Å². The lowest BCUT2D eigenvalue weighted by atomic mass is 10.0. The fraction of sp³-hybridized carbons (Fsp3) is 0. The third kappa shape index (κ3) is 5.29. The number of para-hydroxylation sites is 6. The lowest BCUT2D eigenvalue weighted by molar-refractivity contribution is 0.669. The molecule has 0 saturated heterocycles. The number of furan rings is 1. The van der Waals surface area contributed by atoms with Gasteiger partial charge in [0, 0.05) is 38.4 Å². The molecule has 0 spiro atoms. The van der Waals surface area contributed by atoms with Crippen LogP contribution in [0, 0.1) is 0 Å². The van der Waals surface area contributed by atoms with E-state index in [0.717, 1.165) is 94.1 Å². The molecule has 0 radical (unpaired) electrons. The molecule has 12 aromatic rings. The molecule has 0 fully saturated rings. The van der Waals surface area contributed by atoms with Crippen molar-refractivity contribution in [2.24, 2.45) is 0 Å². The summed E-state index contributed by atoms with van der Waals surface area (Å²) < 4.78 is 11.2. The van der Waals surface area contributed by atoms with Crippen LogP contribution in [0.25, 0.3) is 112 Å². The topological polar surface area (TPSA) is 74.6 Å². The van der Waals surface area contributed by atoms with E-state index in [2.05, 4.69) is 173 Å². The second-order valence-electron chi connectivity index (χ2n) is 14.7. The molecule has 59 heavy (non-hydrogen) atoms. The number of aromatic nitrogens is 6. The second kappa shape index (κ2) is 13.2. The van der Waals surface area contributed by atoms with Gasteiger partial charge >= 0.3 is 0 Å². The molecule has 0 amide bonds. The molecule has 0 aliphatic heterocycles. The van der Waals surface area contributed by atoms with Gasteiger partial charge in [-0.15, -0.1) is 0 Å². The molecule has 7 nitrogen and oxygen atoms in total. The molecule has 276 valence electrons. The minimum atomic E-state index is 0.539. The third-order valence-corrected chi connectivity index (χ3v) is 11.2. The number of fused-ring (bicyclic) bond motifs is 7. The molecule has 0 atom stereocenters. The highest BCUT2D eigenvalue weighted by atomic mass is 16.3. The summed E-state index contributed by atoms with van der Waals surface area (Å²) in [4.78, 5) is 21.0. The Morgan fingerprint density at radius 3 is 1.71 bits per heavy atom. The highest BCUT2D eigenvalue weighted by Gasteiger charge is 2.23. The van der Waals surface area contributed by atoms with E-state index in [9.17, 15) is 0 Å². The van der Waals surface area contributed by atoms with E-state index in [4.69, 9.17) is 24.4 Å². The van der Waals surface area contributed by atoms with Crippen molar-refractivity contribution >= 4 is 54.8 Å². The van der Waals surface area contributed by atoms with Crippen LogP contribution in [-0.2, 0) is 0 Å². The first-order chi connectivity index (χ1) is 29.3. The molecule has 0 bridgehead atoms. The SMILES string of the molecule is c1ccc(-c2ccc(-c3nc(-c4cccc5oc6c(-c7nc8ccccc8n7-c7ccccc7)cccc6c45)nc(-n4c5ccccc5c5ccccc54)n3)cc2)cc1. The van der Waals surface area contributed by atoms with E-state index >= 15 is 0 Å². The van der Waals surface area contributed by atoms with E-state index in [1.54, 1.807) is 0 Å². The van der Waals surface area contributed by atoms with Gasteiger partial charge in [0.05, 0.1) is 27.6 Å². The van der Waals surface area contributed by atoms with E-state index in [0.29, 0.717) is 17.6 Å². The van der Waals surface area contributed by atoms with E-state index < -0.39 is 0 Å². The number of imidazole rings is 1. The summed E-state index contributed by atoms with van der Waals surface area (Å²) in [6, 6.07) is 66.6. The van der Waals surface area contributed by atoms with Crippen molar-refractivity contribution in [1.29, 1.82) is 0 Å². The Morgan fingerprint density at radius 1 is 0.373 bits per heavy atom. The second-order valence-corrected chi connectivity index (χ2v) is 14.7. The Balaban J connectivity index is 1.10. The maximum Gasteiger partial charge on any atom is 0.238 e. The largest absolute Gasteiger partial charge is 0.455 e. The molecule has 0 unspecified atom stereocenters. The van der Waals surface area contributed by atoms with E-state index in [-0.39, 0.29) is 0 Å². The molecule has 0 aliphatic carbocycles. The van der Waals surface area contributed by atoms with Gasteiger partial charge in [-0.3, -0.25) is 9.13 Å². The van der Waals surface area contributed by atoms with Crippen molar-refractivity contribution in [3.05, 3.63) is 194 Å². The molecule has 0 aliphatic rings. The number of hydrogen-bond donors (Lipinski definition) is 0. The summed E-state index contributed by atoms with van der Waals surface area (Å²) >= 11 is 0. The average molecular weight is 757 g/mol. The summed E-state index contributed by atoms with van der Waals surface area (Å²) in [5.41, 5.74) is 11.4. The summed E-state index contributed by atoms with van der Waals surface area (Å²) in [5, 5.41) is 4.15. The molecular weight excluding hydrogens is 725 g/mol. The van der Waals surface area contributed by atoms with Crippen LogP contribution >= 0.6 is 0 Å². The number of nitrogens with zero attached hydrogens (tertiary/aromatic N) is 6. The lowest BCUT2D eigenvalue weighted by Crippen LogP contribution is -2.06. The van der Waals surface area contributed by atoms with Crippen molar-refractivity contribution in [2.45, 2.75) is 0 Å². The highest BCUT2D eigenvalue weighted by Crippen LogP contribution is 2.42. The monoisotopic (exact) mass is 756 g/mol. The van der Waals surface area contributed by atoms with Crippen molar-refractivity contribution in [3.8, 4) is 56.9 Å². The molecule has 12 rings (SSSR count). The predicted molar refractivity (Wildman–Crippen MR) is 238 cm³/mol. The maximum absolute atomic E-state index is 6.85. The van der Waals surface area contributed by atoms with Crippen molar-refractivity contribution < 1.29 is 4.42 Å². The number of hydrogen-bond acceptors (Lipinski definition) is 5. The van der Waals surface area contributed by atoms with Gasteiger partial charge in [0.2, 0.25) is 5.95 Å². The zero-order valence-corrected chi connectivity index (χ0v) is 31.6. The maximum atomic E-state index is 6.85. The minimum absolute atomic E-state index is 0.539. The Bertz CT molecular complexity index is 3490. The lowest BCUT2D eigenvalue weighted by Gasteiger charge is -2.12. The molecule has 8 aromatic carbocycles. The summed E-state index contributed by atoms with van der Waals surface area (Å²) in [6.45, 7) is 0. The number of benzene rings is 8. The van der Waals surface area contributed by atoms with Crippen LogP contribution in [0.5, 0.6) is 0 Å². The van der Waals surface area contributed by atoms with Gasteiger partial charge in [-0.05, 0) is 59.7 Å². The average Bonchev–Trinajstić information content (AvgIpc) is 4.00. The summed E-state index contributed by atoms with van der Waals surface area (Å²) in [5.74, 6) is 2.47. The van der Waals surface area contributed by atoms with Crippen molar-refractivity contribution in [1.82, 2.24) is 29.1 Å². The third-order valence-electron chi connectivity index (χ3n) is 11.2. The summed E-state index contributed by atoms with van der Waals surface area (Å²) in [7, 11) is 0. The Hall–Kier alpha value is -8.16. The fourth-order valence-corrected chi connectivity index (χ4v) is 8.55. The Kier molecular flexibility index (Phi) is 7.40. The minimum Gasteiger partial charge on any atom is -0.455 e. The van der Waals surface area contributed by atoms with Crippen LogP contribution in [0.4, 0.5) is 0 Å². The summed E-state index contributed by atoms with van der Waals surface area (Å²) in [6.07, 6.45) is 0. The first kappa shape index (κ1) is 33.0. The van der Waals surface area contributed by atoms with Crippen LogP contribution in [0.3, 0.4) is 0 Å². The van der Waals surface area contributed by atoms with Crippen LogP contribution in [0.2, 0.25) is 0 Å². The van der Waals surface area contributed by atoms with E-state index in [1.165, 1.54) is 0 Å². The standard InChI is InChI=1S/C52H32N6O/c1-3-15-33(16-4-1)34-29-31-35(32-30-34)49-54-50(56-52(55-49)58-43-25-10-7-19-37(43)38-20-8-11-26-44(38)58)40-22-14-28-46-47(40)39-21-13-23-41(48(39)59-46)51-53-42-24-9-12-27-45(42)57(51)36-17-5-2-6-18-36/h1-32H.